The van der Waals surface area contributed by atoms with Crippen molar-refractivity contribution in [3.05, 3.63) is 53.1 Å². The highest BCUT2D eigenvalue weighted by Crippen LogP contribution is 2.29. The number of hydrogen-bond donors (Lipinski definition) is 2. The maximum absolute atomic E-state index is 12.5. The van der Waals surface area contributed by atoms with Crippen LogP contribution in [0.25, 0.3) is 0 Å². The summed E-state index contributed by atoms with van der Waals surface area (Å²) in [5, 5.41) is 9.24. The van der Waals surface area contributed by atoms with Crippen LogP contribution in [0.3, 0.4) is 0 Å². The van der Waals surface area contributed by atoms with Crippen molar-refractivity contribution in [1.82, 2.24) is 0 Å². The third kappa shape index (κ3) is 3.71. The number of aliphatic hydroxyl groups excluding tert-OH is 1. The summed E-state index contributed by atoms with van der Waals surface area (Å²) >= 11 is 7.41. The number of thioether (sulfide) groups is 1. The molecule has 0 saturated carbocycles. The third-order valence-electron chi connectivity index (χ3n) is 2.82. The van der Waals surface area contributed by atoms with Crippen LogP contribution in [0.1, 0.15) is 5.56 Å². The number of anilines is 1. The molecule has 112 valence electrons. The lowest BCUT2D eigenvalue weighted by Crippen LogP contribution is -2.14. The zero-order valence-corrected chi connectivity index (χ0v) is 13.6. The predicted octanol–water partition coefficient (Wildman–Crippen LogP) is 3.36. The van der Waals surface area contributed by atoms with Gasteiger partial charge in [0.25, 0.3) is 10.0 Å². The lowest BCUT2D eigenvalue weighted by Gasteiger charge is -2.13. The van der Waals surface area contributed by atoms with E-state index < -0.39 is 10.0 Å². The fraction of sp³-hybridized carbons (Fsp3) is 0.143. The van der Waals surface area contributed by atoms with Crippen LogP contribution in [0.15, 0.2) is 52.3 Å². The maximum Gasteiger partial charge on any atom is 0.263 e. The Bertz CT molecular complexity index is 748. The predicted molar refractivity (Wildman–Crippen MR) is 86.4 cm³/mol. The Morgan fingerprint density at radius 3 is 2.62 bits per heavy atom. The van der Waals surface area contributed by atoms with Gasteiger partial charge in [0.15, 0.2) is 0 Å². The molecule has 4 nitrogen and oxygen atoms in total. The van der Waals surface area contributed by atoms with Crippen LogP contribution < -0.4 is 4.72 Å². The van der Waals surface area contributed by atoms with E-state index in [0.29, 0.717) is 11.3 Å². The van der Waals surface area contributed by atoms with Crippen molar-refractivity contribution in [2.75, 3.05) is 11.0 Å². The molecule has 0 bridgehead atoms. The molecule has 0 spiro atoms. The number of halogens is 1. The fourth-order valence-electron chi connectivity index (χ4n) is 1.78. The highest BCUT2D eigenvalue weighted by Gasteiger charge is 2.19. The van der Waals surface area contributed by atoms with Crippen molar-refractivity contribution in [3.8, 4) is 0 Å². The van der Waals surface area contributed by atoms with Gasteiger partial charge in [-0.15, -0.1) is 11.8 Å². The molecule has 21 heavy (non-hydrogen) atoms. The van der Waals surface area contributed by atoms with Crippen molar-refractivity contribution >= 4 is 39.1 Å². The SMILES string of the molecule is CSc1ccccc1NS(=O)(=O)c1cc(CO)ccc1Cl. The molecule has 0 aromatic heterocycles. The minimum Gasteiger partial charge on any atom is -0.392 e. The third-order valence-corrected chi connectivity index (χ3v) is 5.46. The molecule has 0 radical (unpaired) electrons. The van der Waals surface area contributed by atoms with Crippen LogP contribution in [0.4, 0.5) is 5.69 Å². The fourth-order valence-corrected chi connectivity index (χ4v) is 4.03. The molecule has 2 rings (SSSR count). The summed E-state index contributed by atoms with van der Waals surface area (Å²) < 4.78 is 27.5. The molecule has 0 amide bonds. The van der Waals surface area contributed by atoms with E-state index in [4.69, 9.17) is 16.7 Å². The number of sulfonamides is 1. The maximum atomic E-state index is 12.5. The van der Waals surface area contributed by atoms with Crippen molar-refractivity contribution in [2.45, 2.75) is 16.4 Å². The molecule has 2 N–H and O–H groups in total. The van der Waals surface area contributed by atoms with E-state index in [1.54, 1.807) is 18.2 Å². The van der Waals surface area contributed by atoms with Crippen molar-refractivity contribution in [2.24, 2.45) is 0 Å². The van der Waals surface area contributed by atoms with Crippen molar-refractivity contribution < 1.29 is 13.5 Å². The van der Waals surface area contributed by atoms with Crippen LogP contribution >= 0.6 is 23.4 Å². The molecule has 0 aliphatic rings. The van der Waals surface area contributed by atoms with Gasteiger partial charge in [-0.3, -0.25) is 4.72 Å². The number of benzene rings is 2. The Morgan fingerprint density at radius 1 is 1.24 bits per heavy atom. The Hall–Kier alpha value is -1.21. The van der Waals surface area contributed by atoms with Gasteiger partial charge in [-0.1, -0.05) is 29.8 Å². The molecule has 0 saturated heterocycles. The van der Waals surface area contributed by atoms with Gasteiger partial charge in [0.1, 0.15) is 4.90 Å². The summed E-state index contributed by atoms with van der Waals surface area (Å²) in [4.78, 5) is 0.766. The first kappa shape index (κ1) is 16.2. The van der Waals surface area contributed by atoms with E-state index in [1.165, 1.54) is 23.9 Å². The molecular formula is C14H14ClNO3S2. The van der Waals surface area contributed by atoms with Gasteiger partial charge in [0, 0.05) is 4.90 Å². The quantitative estimate of drug-likeness (QED) is 0.817. The van der Waals surface area contributed by atoms with E-state index in [-0.39, 0.29) is 16.5 Å². The Labute approximate surface area is 133 Å². The molecule has 2 aromatic carbocycles. The molecule has 0 aliphatic carbocycles. The number of hydrogen-bond acceptors (Lipinski definition) is 4. The highest BCUT2D eigenvalue weighted by atomic mass is 35.5. The van der Waals surface area contributed by atoms with Crippen molar-refractivity contribution in [3.63, 3.8) is 0 Å². The summed E-state index contributed by atoms with van der Waals surface area (Å²) in [6.45, 7) is -0.249. The Balaban J connectivity index is 2.43. The molecule has 0 atom stereocenters. The molecule has 0 aliphatic heterocycles. The molecule has 0 unspecified atom stereocenters. The van der Waals surface area contributed by atoms with E-state index in [1.807, 2.05) is 18.4 Å². The number of rotatable bonds is 5. The second-order valence-corrected chi connectivity index (χ2v) is 7.13. The van der Waals surface area contributed by atoms with Crippen molar-refractivity contribution in [1.29, 1.82) is 0 Å². The molecule has 0 heterocycles. The molecule has 0 fully saturated rings. The van der Waals surface area contributed by atoms with Gasteiger partial charge in [-0.2, -0.15) is 0 Å². The zero-order valence-electron chi connectivity index (χ0n) is 11.2. The summed E-state index contributed by atoms with van der Waals surface area (Å²) in [5.41, 5.74) is 0.980. The molecular weight excluding hydrogens is 330 g/mol. The molecule has 7 heteroatoms. The zero-order chi connectivity index (χ0) is 15.5. The standard InChI is InChI=1S/C14H14ClNO3S2/c1-20-13-5-3-2-4-12(13)16-21(18,19)14-8-10(9-17)6-7-11(14)15/h2-8,16-17H,9H2,1H3. The lowest BCUT2D eigenvalue weighted by atomic mass is 10.2. The van der Waals surface area contributed by atoms with Crippen LogP contribution in [0.5, 0.6) is 0 Å². The topological polar surface area (TPSA) is 66.4 Å². The van der Waals surface area contributed by atoms with Gasteiger partial charge in [0.05, 0.1) is 17.3 Å². The van der Waals surface area contributed by atoms with E-state index in [0.717, 1.165) is 4.90 Å². The average molecular weight is 344 g/mol. The van der Waals surface area contributed by atoms with Crippen LogP contribution in [-0.2, 0) is 16.6 Å². The average Bonchev–Trinajstić information content (AvgIpc) is 2.47. The second kappa shape index (κ2) is 6.70. The van der Waals surface area contributed by atoms with Crippen LogP contribution in [0.2, 0.25) is 5.02 Å². The highest BCUT2D eigenvalue weighted by molar-refractivity contribution is 7.99. The number of aliphatic hydroxyl groups is 1. The Kier molecular flexibility index (Phi) is 5.16. The first-order valence-corrected chi connectivity index (χ1v) is 9.11. The van der Waals surface area contributed by atoms with E-state index in [2.05, 4.69) is 4.72 Å². The van der Waals surface area contributed by atoms with Gasteiger partial charge >= 0.3 is 0 Å². The minimum absolute atomic E-state index is 0.0494. The summed E-state index contributed by atoms with van der Waals surface area (Å²) in [6, 6.07) is 11.5. The largest absolute Gasteiger partial charge is 0.392 e. The summed E-state index contributed by atoms with van der Waals surface area (Å²) in [7, 11) is -3.82. The minimum atomic E-state index is -3.82. The first-order valence-electron chi connectivity index (χ1n) is 6.03. The summed E-state index contributed by atoms with van der Waals surface area (Å²) in [5.74, 6) is 0. The smallest absolute Gasteiger partial charge is 0.263 e. The van der Waals surface area contributed by atoms with Gasteiger partial charge in [-0.25, -0.2) is 8.42 Å². The van der Waals surface area contributed by atoms with Crippen LogP contribution in [-0.4, -0.2) is 19.8 Å². The van der Waals surface area contributed by atoms with Gasteiger partial charge in [-0.05, 0) is 36.1 Å². The van der Waals surface area contributed by atoms with E-state index in [9.17, 15) is 8.42 Å². The number of nitrogens with one attached hydrogen (secondary N) is 1. The van der Waals surface area contributed by atoms with Crippen LogP contribution in [0, 0.1) is 0 Å². The molecule has 2 aromatic rings. The Morgan fingerprint density at radius 2 is 1.95 bits per heavy atom. The monoisotopic (exact) mass is 343 g/mol. The second-order valence-electron chi connectivity index (χ2n) is 4.23. The number of para-hydroxylation sites is 1. The first-order chi connectivity index (χ1) is 9.97. The normalized spacial score (nSPS) is 11.4. The van der Waals surface area contributed by atoms with Gasteiger partial charge < -0.3 is 5.11 Å². The summed E-state index contributed by atoms with van der Waals surface area (Å²) in [6.07, 6.45) is 1.87. The lowest BCUT2D eigenvalue weighted by molar-refractivity contribution is 0.281. The van der Waals surface area contributed by atoms with Gasteiger partial charge in [0.2, 0.25) is 0 Å². The van der Waals surface area contributed by atoms with E-state index >= 15 is 0 Å².